The Bertz CT molecular complexity index is 1420. The van der Waals surface area contributed by atoms with Crippen LogP contribution in [0.5, 0.6) is 0 Å². The maximum atomic E-state index is 5.79. The van der Waals surface area contributed by atoms with Gasteiger partial charge in [-0.1, -0.05) is 47.5 Å². The van der Waals surface area contributed by atoms with Crippen LogP contribution in [0.25, 0.3) is 10.9 Å². The first-order valence-corrected chi connectivity index (χ1v) is 14.6. The molecule has 0 radical (unpaired) electrons. The van der Waals surface area contributed by atoms with Crippen LogP contribution < -0.4 is 10.6 Å². The fraction of sp³-hybridized carbons (Fsp3) is 0.500. The molecule has 204 valence electrons. The summed E-state index contributed by atoms with van der Waals surface area (Å²) in [6.45, 7) is 9.80. The van der Waals surface area contributed by atoms with Crippen LogP contribution in [0.15, 0.2) is 42.5 Å². The van der Waals surface area contributed by atoms with Crippen molar-refractivity contribution in [3.05, 3.63) is 76.1 Å². The van der Waals surface area contributed by atoms with E-state index in [-0.39, 0.29) is 5.92 Å². The zero-order chi connectivity index (χ0) is 26.9. The molecule has 2 saturated carbocycles. The number of nitrogens with zero attached hydrogens (tertiary/aromatic N) is 6. The lowest BCUT2D eigenvalue weighted by molar-refractivity contribution is 0.524. The molecule has 1 unspecified atom stereocenters. The van der Waals surface area contributed by atoms with Crippen LogP contribution in [0.1, 0.15) is 65.2 Å². The van der Waals surface area contributed by atoms with Crippen LogP contribution in [0, 0.1) is 32.6 Å². The van der Waals surface area contributed by atoms with E-state index in [0.29, 0.717) is 13.1 Å². The van der Waals surface area contributed by atoms with Crippen LogP contribution in [-0.2, 0) is 19.4 Å². The van der Waals surface area contributed by atoms with Crippen molar-refractivity contribution in [2.45, 2.75) is 71.8 Å². The van der Waals surface area contributed by atoms with Crippen molar-refractivity contribution >= 4 is 16.7 Å². The fourth-order valence-electron chi connectivity index (χ4n) is 5.90. The second-order valence-corrected chi connectivity index (χ2v) is 12.0. The second kappa shape index (κ2) is 11.0. The molecule has 2 fully saturated rings. The molecule has 2 heterocycles. The van der Waals surface area contributed by atoms with Gasteiger partial charge in [-0.15, -0.1) is 10.2 Å². The molecule has 0 bridgehead atoms. The molecule has 7 nitrogen and oxygen atoms in total. The van der Waals surface area contributed by atoms with Crippen molar-refractivity contribution in [3.63, 3.8) is 0 Å². The predicted molar refractivity (Wildman–Crippen MR) is 157 cm³/mol. The minimum absolute atomic E-state index is 0.0873. The smallest absolute Gasteiger partial charge is 0.178 e. The Morgan fingerprint density at radius 3 is 2.33 bits per heavy atom. The molecular formula is C32H41N7. The highest BCUT2D eigenvalue weighted by atomic mass is 15.6. The number of anilines is 1. The third-order valence-corrected chi connectivity index (χ3v) is 8.15. The number of rotatable bonds is 12. The van der Waals surface area contributed by atoms with Gasteiger partial charge < -0.3 is 10.6 Å². The Kier molecular flexibility index (Phi) is 7.34. The average molecular weight is 524 g/mol. The van der Waals surface area contributed by atoms with Crippen molar-refractivity contribution in [1.82, 2.24) is 25.2 Å². The normalized spacial score (nSPS) is 16.1. The van der Waals surface area contributed by atoms with Crippen molar-refractivity contribution in [2.24, 2.45) is 17.6 Å². The van der Waals surface area contributed by atoms with E-state index in [2.05, 4.69) is 78.4 Å². The van der Waals surface area contributed by atoms with Crippen molar-refractivity contribution < 1.29 is 0 Å². The molecule has 7 heteroatoms. The topological polar surface area (TPSA) is 85.8 Å². The highest BCUT2D eigenvalue weighted by Gasteiger charge is 2.32. The second-order valence-electron chi connectivity index (χ2n) is 12.0. The monoisotopic (exact) mass is 523 g/mol. The number of benzene rings is 2. The van der Waals surface area contributed by atoms with E-state index < -0.39 is 0 Å². The standard InChI is InChI=1S/C32H41N7/c1-21-13-22(2)15-26(14-21)16-28(31-35-37-39(36-31)12-11-33)18-29-17-27-6-4-5-23(3)30(27)34-32(29)38(19-24-7-8-24)20-25-9-10-25/h4-6,13-15,17,24-25,28H,7-12,16,18-20,33H2,1-3H3. The number of pyridine rings is 1. The summed E-state index contributed by atoms with van der Waals surface area (Å²) in [5.41, 5.74) is 13.3. The fourth-order valence-corrected chi connectivity index (χ4v) is 5.90. The van der Waals surface area contributed by atoms with Crippen LogP contribution in [0.2, 0.25) is 0 Å². The lowest BCUT2D eigenvalue weighted by Crippen LogP contribution is -2.30. The van der Waals surface area contributed by atoms with Gasteiger partial charge >= 0.3 is 0 Å². The highest BCUT2D eigenvalue weighted by Crippen LogP contribution is 2.38. The van der Waals surface area contributed by atoms with Crippen LogP contribution in [0.4, 0.5) is 5.82 Å². The minimum Gasteiger partial charge on any atom is -0.356 e. The van der Waals surface area contributed by atoms with E-state index >= 15 is 0 Å². The summed E-state index contributed by atoms with van der Waals surface area (Å²) in [7, 11) is 0. The van der Waals surface area contributed by atoms with Gasteiger partial charge in [0.25, 0.3) is 0 Å². The molecule has 2 aliphatic carbocycles. The number of aromatic nitrogens is 5. The summed E-state index contributed by atoms with van der Waals surface area (Å²) in [4.78, 5) is 9.65. The van der Waals surface area contributed by atoms with Gasteiger partial charge in [0.05, 0.1) is 12.1 Å². The van der Waals surface area contributed by atoms with E-state index in [0.717, 1.165) is 54.9 Å². The Labute approximate surface area is 231 Å². The quantitative estimate of drug-likeness (QED) is 0.271. The Balaban J connectivity index is 1.42. The van der Waals surface area contributed by atoms with Crippen LogP contribution >= 0.6 is 0 Å². The van der Waals surface area contributed by atoms with E-state index in [1.165, 1.54) is 58.9 Å². The van der Waals surface area contributed by atoms with Gasteiger partial charge in [-0.2, -0.15) is 4.80 Å². The van der Waals surface area contributed by atoms with Crippen LogP contribution in [-0.4, -0.2) is 44.8 Å². The summed E-state index contributed by atoms with van der Waals surface area (Å²) in [5.74, 6) is 3.64. The summed E-state index contributed by atoms with van der Waals surface area (Å²) in [6, 6.07) is 15.7. The molecule has 0 aliphatic heterocycles. The first-order chi connectivity index (χ1) is 18.9. The number of hydrogen-bond acceptors (Lipinski definition) is 6. The van der Waals surface area contributed by atoms with Crippen molar-refractivity contribution in [2.75, 3.05) is 24.5 Å². The first-order valence-electron chi connectivity index (χ1n) is 14.6. The zero-order valence-electron chi connectivity index (χ0n) is 23.6. The number of aryl methyl sites for hydroxylation is 3. The third-order valence-electron chi connectivity index (χ3n) is 8.15. The van der Waals surface area contributed by atoms with Gasteiger partial charge in [-0.25, -0.2) is 4.98 Å². The maximum absolute atomic E-state index is 5.79. The molecule has 0 spiro atoms. The summed E-state index contributed by atoms with van der Waals surface area (Å²) < 4.78 is 0. The molecule has 1 atom stereocenters. The van der Waals surface area contributed by atoms with E-state index in [9.17, 15) is 0 Å². The average Bonchev–Trinajstić information content (AvgIpc) is 3.83. The molecule has 0 saturated heterocycles. The van der Waals surface area contributed by atoms with Gasteiger partial charge in [0.2, 0.25) is 0 Å². The van der Waals surface area contributed by atoms with Gasteiger partial charge in [0.15, 0.2) is 5.82 Å². The molecule has 6 rings (SSSR count). The molecular weight excluding hydrogens is 482 g/mol. The van der Waals surface area contributed by atoms with Gasteiger partial charge in [0.1, 0.15) is 5.82 Å². The van der Waals surface area contributed by atoms with E-state index in [1.54, 1.807) is 4.80 Å². The third kappa shape index (κ3) is 6.30. The maximum Gasteiger partial charge on any atom is 0.178 e. The van der Waals surface area contributed by atoms with E-state index in [1.807, 2.05) is 0 Å². The van der Waals surface area contributed by atoms with Crippen molar-refractivity contribution in [1.29, 1.82) is 0 Å². The molecule has 39 heavy (non-hydrogen) atoms. The van der Waals surface area contributed by atoms with Gasteiger partial charge in [0, 0.05) is 30.9 Å². The van der Waals surface area contributed by atoms with Gasteiger partial charge in [-0.3, -0.25) is 0 Å². The highest BCUT2D eigenvalue weighted by molar-refractivity contribution is 5.84. The lowest BCUT2D eigenvalue weighted by atomic mass is 9.90. The molecule has 2 aliphatic rings. The number of tetrazole rings is 1. The number of para-hydroxylation sites is 1. The van der Waals surface area contributed by atoms with E-state index in [4.69, 9.17) is 15.8 Å². The number of fused-ring (bicyclic) bond motifs is 1. The summed E-state index contributed by atoms with van der Waals surface area (Å²) >= 11 is 0. The van der Waals surface area contributed by atoms with Crippen molar-refractivity contribution in [3.8, 4) is 0 Å². The molecule has 2 aromatic heterocycles. The molecule has 2 N–H and O–H groups in total. The zero-order valence-corrected chi connectivity index (χ0v) is 23.6. The molecule has 2 aromatic carbocycles. The molecule has 0 amide bonds. The minimum atomic E-state index is 0.0873. The Morgan fingerprint density at radius 1 is 0.949 bits per heavy atom. The number of hydrogen-bond donors (Lipinski definition) is 1. The van der Waals surface area contributed by atoms with Crippen LogP contribution in [0.3, 0.4) is 0 Å². The largest absolute Gasteiger partial charge is 0.356 e. The molecule has 4 aromatic rings. The SMILES string of the molecule is Cc1cc(C)cc(CC(Cc2cc3cccc(C)c3nc2N(CC2CC2)CC2CC2)c2nnn(CCN)n2)c1. The van der Waals surface area contributed by atoms with Gasteiger partial charge in [-0.05, 0) is 99.1 Å². The summed E-state index contributed by atoms with van der Waals surface area (Å²) in [6.07, 6.45) is 7.03. The predicted octanol–water partition coefficient (Wildman–Crippen LogP) is 5.30. The summed E-state index contributed by atoms with van der Waals surface area (Å²) in [5, 5.41) is 14.9. The Morgan fingerprint density at radius 2 is 1.67 bits per heavy atom. The lowest BCUT2D eigenvalue weighted by Gasteiger charge is -2.28. The first kappa shape index (κ1) is 25.9. The number of nitrogens with two attached hydrogens (primary N) is 1. The Hall–Kier alpha value is -3.32.